The Morgan fingerprint density at radius 3 is 2.69 bits per heavy atom. The minimum Gasteiger partial charge on any atom is -0.309 e. The molecule has 2 aromatic heterocycles. The smallest absolute Gasteiger partial charge is 0.0590 e. The highest BCUT2D eigenvalue weighted by Crippen LogP contribution is 2.20. The van der Waals surface area contributed by atoms with Crippen LogP contribution in [0.15, 0.2) is 42.9 Å². The number of nitrogens with one attached hydrogen (secondary N) is 1. The molecule has 0 aromatic carbocycles. The van der Waals surface area contributed by atoms with Gasteiger partial charge in [-0.25, -0.2) is 0 Å². The molecule has 0 spiro atoms. The molecule has 2 heterocycles. The fourth-order valence-electron chi connectivity index (χ4n) is 1.82. The van der Waals surface area contributed by atoms with Crippen LogP contribution in [0.2, 0.25) is 0 Å². The highest BCUT2D eigenvalue weighted by molar-refractivity contribution is 5.29. The minimum absolute atomic E-state index is 0.176. The fraction of sp³-hybridized carbons (Fsp3) is 0.231. The molecule has 0 aliphatic heterocycles. The van der Waals surface area contributed by atoms with E-state index in [9.17, 15) is 0 Å². The van der Waals surface area contributed by atoms with E-state index in [0.717, 1.165) is 11.3 Å². The molecule has 82 valence electrons. The molecule has 0 saturated heterocycles. The van der Waals surface area contributed by atoms with E-state index in [4.69, 9.17) is 0 Å². The van der Waals surface area contributed by atoms with Crippen molar-refractivity contribution in [2.24, 2.45) is 0 Å². The Labute approximate surface area is 95.6 Å². The first-order chi connectivity index (χ1) is 7.81. The van der Waals surface area contributed by atoms with Crippen molar-refractivity contribution in [2.75, 3.05) is 7.05 Å². The number of hydrogen-bond acceptors (Lipinski definition) is 3. The lowest BCUT2D eigenvalue weighted by atomic mass is 10.0. The van der Waals surface area contributed by atoms with Crippen LogP contribution in [-0.2, 0) is 0 Å². The van der Waals surface area contributed by atoms with Gasteiger partial charge in [-0.05, 0) is 43.3 Å². The van der Waals surface area contributed by atoms with Gasteiger partial charge >= 0.3 is 0 Å². The zero-order valence-electron chi connectivity index (χ0n) is 9.51. The van der Waals surface area contributed by atoms with Crippen LogP contribution in [-0.4, -0.2) is 17.0 Å². The molecule has 1 N–H and O–H groups in total. The Morgan fingerprint density at radius 1 is 1.19 bits per heavy atom. The molecule has 0 saturated carbocycles. The number of rotatable bonds is 3. The number of aromatic nitrogens is 2. The quantitative estimate of drug-likeness (QED) is 0.848. The van der Waals surface area contributed by atoms with Gasteiger partial charge in [0.2, 0.25) is 0 Å². The lowest BCUT2D eigenvalue weighted by Gasteiger charge is -2.16. The highest BCUT2D eigenvalue weighted by atomic mass is 14.9. The summed E-state index contributed by atoms with van der Waals surface area (Å²) in [5.41, 5.74) is 3.40. The fourth-order valence-corrected chi connectivity index (χ4v) is 1.82. The van der Waals surface area contributed by atoms with Gasteiger partial charge in [0, 0.05) is 24.3 Å². The summed E-state index contributed by atoms with van der Waals surface area (Å²) in [4.78, 5) is 8.35. The van der Waals surface area contributed by atoms with Crippen molar-refractivity contribution in [1.82, 2.24) is 15.3 Å². The summed E-state index contributed by atoms with van der Waals surface area (Å²) < 4.78 is 0. The predicted molar refractivity (Wildman–Crippen MR) is 64.1 cm³/mol. The molecule has 0 fully saturated rings. The number of pyridine rings is 2. The summed E-state index contributed by atoms with van der Waals surface area (Å²) in [6.45, 7) is 2.00. The first-order valence-corrected chi connectivity index (χ1v) is 5.31. The van der Waals surface area contributed by atoms with Crippen LogP contribution in [0.25, 0.3) is 0 Å². The van der Waals surface area contributed by atoms with Crippen LogP contribution >= 0.6 is 0 Å². The van der Waals surface area contributed by atoms with Gasteiger partial charge in [0.1, 0.15) is 0 Å². The molecule has 1 unspecified atom stereocenters. The van der Waals surface area contributed by atoms with Gasteiger partial charge in [-0.1, -0.05) is 6.07 Å². The standard InChI is InChI=1S/C13H15N3/c1-10-8-11(5-7-16-10)13(14-2)12-4-3-6-15-9-12/h3-9,13-14H,1-2H3. The average molecular weight is 213 g/mol. The molecular formula is C13H15N3. The van der Waals surface area contributed by atoms with E-state index < -0.39 is 0 Å². The van der Waals surface area contributed by atoms with Gasteiger partial charge in [0.15, 0.2) is 0 Å². The molecule has 2 aromatic rings. The Kier molecular flexibility index (Phi) is 3.27. The largest absolute Gasteiger partial charge is 0.309 e. The van der Waals surface area contributed by atoms with Crippen molar-refractivity contribution >= 4 is 0 Å². The maximum atomic E-state index is 4.21. The molecule has 0 bridgehead atoms. The van der Waals surface area contributed by atoms with Crippen molar-refractivity contribution in [1.29, 1.82) is 0 Å². The third kappa shape index (κ3) is 2.25. The van der Waals surface area contributed by atoms with Crippen LogP contribution in [0.1, 0.15) is 22.9 Å². The zero-order chi connectivity index (χ0) is 11.4. The van der Waals surface area contributed by atoms with Crippen LogP contribution in [0, 0.1) is 6.92 Å². The second-order valence-corrected chi connectivity index (χ2v) is 3.74. The van der Waals surface area contributed by atoms with Crippen LogP contribution in [0.5, 0.6) is 0 Å². The SMILES string of the molecule is CNC(c1cccnc1)c1ccnc(C)c1. The molecule has 1 atom stereocenters. The topological polar surface area (TPSA) is 37.8 Å². The monoisotopic (exact) mass is 213 g/mol. The van der Waals surface area contributed by atoms with Gasteiger partial charge in [0.05, 0.1) is 6.04 Å². The van der Waals surface area contributed by atoms with Crippen LogP contribution in [0.4, 0.5) is 0 Å². The first kappa shape index (κ1) is 10.8. The molecule has 3 nitrogen and oxygen atoms in total. The van der Waals surface area contributed by atoms with Gasteiger partial charge in [0.25, 0.3) is 0 Å². The van der Waals surface area contributed by atoms with Gasteiger partial charge in [-0.3, -0.25) is 9.97 Å². The normalized spacial score (nSPS) is 12.4. The molecule has 0 amide bonds. The van der Waals surface area contributed by atoms with Crippen molar-refractivity contribution < 1.29 is 0 Å². The van der Waals surface area contributed by atoms with Crippen LogP contribution in [0.3, 0.4) is 0 Å². The second-order valence-electron chi connectivity index (χ2n) is 3.74. The summed E-state index contributed by atoms with van der Waals surface area (Å²) in [6, 6.07) is 8.32. The van der Waals surface area contributed by atoms with Gasteiger partial charge in [-0.2, -0.15) is 0 Å². The average Bonchev–Trinajstić information content (AvgIpc) is 2.31. The number of aryl methyl sites for hydroxylation is 1. The summed E-state index contributed by atoms with van der Waals surface area (Å²) in [5.74, 6) is 0. The molecule has 0 radical (unpaired) electrons. The zero-order valence-corrected chi connectivity index (χ0v) is 9.51. The molecule has 0 aliphatic carbocycles. The van der Waals surface area contributed by atoms with Crippen molar-refractivity contribution in [2.45, 2.75) is 13.0 Å². The lowest BCUT2D eigenvalue weighted by Crippen LogP contribution is -2.17. The van der Waals surface area contributed by atoms with E-state index in [1.54, 1.807) is 6.20 Å². The summed E-state index contributed by atoms with van der Waals surface area (Å²) in [6.07, 6.45) is 5.51. The first-order valence-electron chi connectivity index (χ1n) is 5.31. The van der Waals surface area contributed by atoms with E-state index in [2.05, 4.69) is 27.4 Å². The summed E-state index contributed by atoms with van der Waals surface area (Å²) >= 11 is 0. The molecular weight excluding hydrogens is 198 g/mol. The predicted octanol–water partition coefficient (Wildman–Crippen LogP) is 2.09. The molecule has 2 rings (SSSR count). The Morgan fingerprint density at radius 2 is 2.06 bits per heavy atom. The highest BCUT2D eigenvalue weighted by Gasteiger charge is 2.11. The number of nitrogens with zero attached hydrogens (tertiary/aromatic N) is 2. The van der Waals surface area contributed by atoms with Crippen molar-refractivity contribution in [3.8, 4) is 0 Å². The van der Waals surface area contributed by atoms with Crippen molar-refractivity contribution in [3.05, 3.63) is 59.7 Å². The van der Waals surface area contributed by atoms with E-state index >= 15 is 0 Å². The number of hydrogen-bond donors (Lipinski definition) is 1. The lowest BCUT2D eigenvalue weighted by molar-refractivity contribution is 0.686. The molecule has 0 aliphatic rings. The van der Waals surface area contributed by atoms with Crippen molar-refractivity contribution in [3.63, 3.8) is 0 Å². The third-order valence-electron chi connectivity index (χ3n) is 2.56. The summed E-state index contributed by atoms with van der Waals surface area (Å²) in [5, 5.41) is 3.29. The Balaban J connectivity index is 2.37. The molecule has 16 heavy (non-hydrogen) atoms. The van der Waals surface area contributed by atoms with E-state index in [1.807, 2.05) is 38.5 Å². The Bertz CT molecular complexity index is 454. The van der Waals surface area contributed by atoms with E-state index in [0.29, 0.717) is 0 Å². The minimum atomic E-state index is 0.176. The van der Waals surface area contributed by atoms with Crippen LogP contribution < -0.4 is 5.32 Å². The maximum absolute atomic E-state index is 4.21. The maximum Gasteiger partial charge on any atom is 0.0590 e. The third-order valence-corrected chi connectivity index (χ3v) is 2.56. The Hall–Kier alpha value is -1.74. The van der Waals surface area contributed by atoms with Gasteiger partial charge in [-0.15, -0.1) is 0 Å². The second kappa shape index (κ2) is 4.86. The van der Waals surface area contributed by atoms with E-state index in [-0.39, 0.29) is 6.04 Å². The summed E-state index contributed by atoms with van der Waals surface area (Å²) in [7, 11) is 1.95. The van der Waals surface area contributed by atoms with E-state index in [1.165, 1.54) is 5.56 Å². The molecule has 3 heteroatoms. The van der Waals surface area contributed by atoms with Gasteiger partial charge < -0.3 is 5.32 Å².